The first-order valence-corrected chi connectivity index (χ1v) is 14.1. The third-order valence-corrected chi connectivity index (χ3v) is 7.09. The van der Waals surface area contributed by atoms with Crippen molar-refractivity contribution in [1.82, 2.24) is 29.9 Å². The summed E-state index contributed by atoms with van der Waals surface area (Å²) in [5, 5.41) is 9.67. The minimum absolute atomic E-state index is 0.298. The van der Waals surface area contributed by atoms with Crippen molar-refractivity contribution in [3.05, 3.63) is 90.8 Å². The van der Waals surface area contributed by atoms with Gasteiger partial charge in [0.2, 0.25) is 0 Å². The largest absolute Gasteiger partial charge is 0.352 e. The van der Waals surface area contributed by atoms with Gasteiger partial charge in [-0.3, -0.25) is 19.8 Å². The van der Waals surface area contributed by atoms with Crippen LogP contribution in [0.3, 0.4) is 0 Å². The summed E-state index contributed by atoms with van der Waals surface area (Å²) in [6.45, 7) is 0.490. The van der Waals surface area contributed by atoms with Gasteiger partial charge in [0.05, 0.1) is 22.9 Å². The zero-order valence-electron chi connectivity index (χ0n) is 20.3. The Morgan fingerprint density at radius 3 is 2.59 bits per heavy atom. The van der Waals surface area contributed by atoms with Gasteiger partial charge >= 0.3 is 0 Å². The first-order chi connectivity index (χ1) is 17.8. The highest BCUT2D eigenvalue weighted by molar-refractivity contribution is 8.25. The second kappa shape index (κ2) is 8.99. The lowest BCUT2D eigenvalue weighted by atomic mass is 10.0. The number of pyridine rings is 2. The summed E-state index contributed by atoms with van der Waals surface area (Å²) in [5.41, 5.74) is 7.98. The predicted molar refractivity (Wildman–Crippen MR) is 154 cm³/mol. The number of nitrogens with one attached hydrogen (secondary N) is 3. The fraction of sp³-hybridized carbons (Fsp3) is 0.0690. The number of nitrogens with zero attached hydrogens (tertiary/aromatic N) is 3. The minimum Gasteiger partial charge on any atom is -0.352 e. The number of rotatable bonds is 6. The van der Waals surface area contributed by atoms with Crippen LogP contribution in [0.2, 0.25) is 0 Å². The molecule has 0 aliphatic heterocycles. The van der Waals surface area contributed by atoms with E-state index in [1.807, 2.05) is 36.7 Å². The predicted octanol–water partition coefficient (Wildman–Crippen LogP) is 6.28. The van der Waals surface area contributed by atoms with Crippen molar-refractivity contribution in [3.63, 3.8) is 0 Å². The Hall–Kier alpha value is -4.27. The lowest BCUT2D eigenvalue weighted by Crippen LogP contribution is -2.08. The molecular formula is C29H25FN6S. The van der Waals surface area contributed by atoms with E-state index in [2.05, 4.69) is 59.8 Å². The van der Waals surface area contributed by atoms with Gasteiger partial charge in [-0.05, 0) is 65.4 Å². The first-order valence-electron chi connectivity index (χ1n) is 11.7. The monoisotopic (exact) mass is 508 g/mol. The summed E-state index contributed by atoms with van der Waals surface area (Å²) in [6, 6.07) is 17.3. The van der Waals surface area contributed by atoms with Crippen LogP contribution >= 0.6 is 9.39 Å². The highest BCUT2D eigenvalue weighted by Gasteiger charge is 2.15. The van der Waals surface area contributed by atoms with Crippen LogP contribution in [0, 0.1) is 5.82 Å². The average Bonchev–Trinajstić information content (AvgIpc) is 3.51. The third-order valence-electron chi connectivity index (χ3n) is 6.25. The van der Waals surface area contributed by atoms with Crippen molar-refractivity contribution >= 4 is 42.9 Å². The van der Waals surface area contributed by atoms with Gasteiger partial charge in [0.25, 0.3) is 0 Å². The standard InChI is InChI=1S/C29H25FN6S/c1-37(2,3)33-14-18-9-21(11-22(30)10-18)25-16-32-17-28-23(25)13-27(34-28)29-24-12-19(6-7-26(24)35-36-29)20-5-4-8-31-15-20/h4-13,15-17,33-34H,1-2,14H2,3H3,(H,35,36). The van der Waals surface area contributed by atoms with Crippen LogP contribution in [0.15, 0.2) is 79.4 Å². The molecule has 8 heteroatoms. The number of aromatic amines is 2. The third kappa shape index (κ3) is 4.64. The summed E-state index contributed by atoms with van der Waals surface area (Å²) >= 11 is 0. The van der Waals surface area contributed by atoms with Crippen LogP contribution in [-0.2, 0) is 6.54 Å². The molecule has 4 heterocycles. The lowest BCUT2D eigenvalue weighted by molar-refractivity contribution is 0.625. The van der Waals surface area contributed by atoms with Crippen molar-refractivity contribution in [2.75, 3.05) is 6.26 Å². The topological polar surface area (TPSA) is 82.3 Å². The molecule has 6 aromatic rings. The van der Waals surface area contributed by atoms with Gasteiger partial charge in [-0.15, -0.1) is 0 Å². The Morgan fingerprint density at radius 2 is 1.78 bits per heavy atom. The molecule has 6 rings (SSSR count). The van der Waals surface area contributed by atoms with Gasteiger partial charge in [0.15, 0.2) is 0 Å². The van der Waals surface area contributed by atoms with E-state index in [4.69, 9.17) is 0 Å². The van der Waals surface area contributed by atoms with Crippen molar-refractivity contribution in [1.29, 1.82) is 0 Å². The number of H-pyrrole nitrogens is 2. The highest BCUT2D eigenvalue weighted by atomic mass is 32.2. The van der Waals surface area contributed by atoms with Crippen LogP contribution in [0.1, 0.15) is 5.56 Å². The molecule has 0 aliphatic carbocycles. The van der Waals surface area contributed by atoms with Gasteiger partial charge in [-0.2, -0.15) is 14.5 Å². The molecule has 3 N–H and O–H groups in total. The lowest BCUT2D eigenvalue weighted by Gasteiger charge is -2.12. The molecule has 0 spiro atoms. The fourth-order valence-corrected chi connectivity index (χ4v) is 5.02. The molecule has 0 saturated carbocycles. The Bertz CT molecular complexity index is 1870. The molecule has 0 aliphatic rings. The molecule has 0 saturated heterocycles. The fourth-order valence-electron chi connectivity index (χ4n) is 4.51. The maximum atomic E-state index is 14.6. The Balaban J connectivity index is 1.44. The number of aromatic nitrogens is 5. The zero-order valence-corrected chi connectivity index (χ0v) is 21.1. The number of halogens is 1. The van der Waals surface area contributed by atoms with Gasteiger partial charge in [0.1, 0.15) is 11.5 Å². The quantitative estimate of drug-likeness (QED) is 0.231. The van der Waals surface area contributed by atoms with E-state index in [1.54, 1.807) is 18.6 Å². The Labute approximate surface area is 214 Å². The summed E-state index contributed by atoms with van der Waals surface area (Å²) in [7, 11) is -1.41. The zero-order chi connectivity index (χ0) is 25.6. The molecule has 184 valence electrons. The van der Waals surface area contributed by atoms with E-state index in [-0.39, 0.29) is 5.82 Å². The van der Waals surface area contributed by atoms with Gasteiger partial charge in [0, 0.05) is 47.0 Å². The van der Waals surface area contributed by atoms with Crippen LogP contribution in [0.25, 0.3) is 55.4 Å². The van der Waals surface area contributed by atoms with Gasteiger partial charge < -0.3 is 4.98 Å². The van der Waals surface area contributed by atoms with E-state index >= 15 is 0 Å². The second-order valence-corrected chi connectivity index (χ2v) is 12.2. The smallest absolute Gasteiger partial charge is 0.124 e. The van der Waals surface area contributed by atoms with Crippen molar-refractivity contribution in [2.24, 2.45) is 0 Å². The van der Waals surface area contributed by atoms with Crippen LogP contribution in [0.5, 0.6) is 0 Å². The summed E-state index contributed by atoms with van der Waals surface area (Å²) in [6.07, 6.45) is 9.12. The van der Waals surface area contributed by atoms with E-state index < -0.39 is 9.39 Å². The molecule has 0 unspecified atom stereocenters. The average molecular weight is 509 g/mol. The maximum absolute atomic E-state index is 14.6. The number of benzene rings is 2. The summed E-state index contributed by atoms with van der Waals surface area (Å²) < 4.78 is 17.9. The van der Waals surface area contributed by atoms with E-state index in [1.165, 1.54) is 12.1 Å². The number of fused-ring (bicyclic) bond motifs is 2. The number of hydrogen-bond acceptors (Lipinski definition) is 4. The van der Waals surface area contributed by atoms with E-state index in [0.29, 0.717) is 6.54 Å². The molecule has 0 amide bonds. The molecule has 6 nitrogen and oxygen atoms in total. The van der Waals surface area contributed by atoms with E-state index in [9.17, 15) is 4.39 Å². The van der Waals surface area contributed by atoms with Gasteiger partial charge in [-0.25, -0.2) is 4.39 Å². The number of hydrogen-bond donors (Lipinski definition) is 3. The Kier molecular flexibility index (Phi) is 5.62. The molecule has 2 aromatic carbocycles. The molecule has 4 aromatic heterocycles. The van der Waals surface area contributed by atoms with E-state index in [0.717, 1.165) is 61.0 Å². The van der Waals surface area contributed by atoms with Gasteiger partial charge in [-0.1, -0.05) is 23.9 Å². The highest BCUT2D eigenvalue weighted by Crippen LogP contribution is 2.35. The molecule has 37 heavy (non-hydrogen) atoms. The van der Waals surface area contributed by atoms with Crippen LogP contribution < -0.4 is 4.72 Å². The Morgan fingerprint density at radius 1 is 0.892 bits per heavy atom. The van der Waals surface area contributed by atoms with Crippen LogP contribution in [0.4, 0.5) is 4.39 Å². The van der Waals surface area contributed by atoms with Crippen LogP contribution in [-0.4, -0.2) is 43.1 Å². The summed E-state index contributed by atoms with van der Waals surface area (Å²) in [4.78, 5) is 12.1. The van der Waals surface area contributed by atoms with Crippen molar-refractivity contribution in [3.8, 4) is 33.6 Å². The molecule has 0 fully saturated rings. The minimum atomic E-state index is -1.41. The molecule has 0 bridgehead atoms. The molecule has 0 atom stereocenters. The second-order valence-electron chi connectivity index (χ2n) is 9.35. The molecule has 0 radical (unpaired) electrons. The van der Waals surface area contributed by atoms with Crippen molar-refractivity contribution in [2.45, 2.75) is 6.54 Å². The normalized spacial score (nSPS) is 11.9. The first kappa shape index (κ1) is 23.1. The molecular weight excluding hydrogens is 483 g/mol. The van der Waals surface area contributed by atoms with Crippen molar-refractivity contribution < 1.29 is 4.39 Å². The SMILES string of the molecule is C=S(=C)(C)NCc1cc(F)cc(-c2cncc3[nH]c(-c4n[nH]c5ccc(-c6cccnc6)cc45)cc23)c1. The summed E-state index contributed by atoms with van der Waals surface area (Å²) in [5.74, 6) is 7.79. The maximum Gasteiger partial charge on any atom is 0.124 e.